The second-order valence-corrected chi connectivity index (χ2v) is 6.51. The molecule has 0 aliphatic carbocycles. The van der Waals surface area contributed by atoms with Crippen molar-refractivity contribution in [2.24, 2.45) is 0 Å². The lowest BCUT2D eigenvalue weighted by Crippen LogP contribution is -2.08. The molecule has 0 saturated carbocycles. The number of hydrogen-bond donors (Lipinski definition) is 3. The molecule has 0 aliphatic heterocycles. The van der Waals surface area contributed by atoms with Crippen LogP contribution in [0.2, 0.25) is 0 Å². The third-order valence-electron chi connectivity index (χ3n) is 3.59. The van der Waals surface area contributed by atoms with E-state index in [4.69, 9.17) is 11.1 Å². The zero-order valence-electron chi connectivity index (χ0n) is 14.4. The first-order valence-electron chi connectivity index (χ1n) is 8.03. The van der Waals surface area contributed by atoms with E-state index in [0.717, 1.165) is 28.5 Å². The number of thiazole rings is 1. The summed E-state index contributed by atoms with van der Waals surface area (Å²) in [6, 6.07) is 11.1. The van der Waals surface area contributed by atoms with Crippen molar-refractivity contribution in [3.8, 4) is 10.8 Å². The Morgan fingerprint density at radius 3 is 2.57 bits per heavy atom. The van der Waals surface area contributed by atoms with E-state index in [-0.39, 0.29) is 16.6 Å². The molecule has 0 radical (unpaired) electrons. The molecule has 0 atom stereocenters. The maximum Gasteiger partial charge on any atom is 0.434 e. The fourth-order valence-corrected chi connectivity index (χ4v) is 3.04. The van der Waals surface area contributed by atoms with Crippen LogP contribution >= 0.6 is 11.3 Å². The predicted molar refractivity (Wildman–Crippen MR) is 103 cm³/mol. The van der Waals surface area contributed by atoms with Gasteiger partial charge in [0, 0.05) is 36.0 Å². The maximum atomic E-state index is 12.8. The molecule has 2 heterocycles. The highest BCUT2D eigenvalue weighted by molar-refractivity contribution is 7.13. The van der Waals surface area contributed by atoms with Crippen molar-refractivity contribution in [2.75, 3.05) is 5.73 Å². The largest absolute Gasteiger partial charge is 0.434 e. The first kappa shape index (κ1) is 19.5. The lowest BCUT2D eigenvalue weighted by atomic mass is 10.2. The minimum atomic E-state index is -4.54. The first-order chi connectivity index (χ1) is 13.4. The Hall–Kier alpha value is -3.27. The van der Waals surface area contributed by atoms with Crippen LogP contribution in [0.15, 0.2) is 48.0 Å². The second kappa shape index (κ2) is 8.17. The lowest BCUT2D eigenvalue weighted by Gasteiger charge is -2.07. The Balaban J connectivity index is 1.85. The van der Waals surface area contributed by atoms with Crippen molar-refractivity contribution >= 4 is 28.9 Å². The number of nitrogens with two attached hydrogens (primary N) is 1. The van der Waals surface area contributed by atoms with E-state index in [1.165, 1.54) is 6.07 Å². The summed E-state index contributed by atoms with van der Waals surface area (Å²) < 4.78 is 38.3. The standard InChI is InChI=1S/C18H15F3N6S/c19-18(20,21)14-10-28-17(26-14)16-25-13(6-15(23)27-16)12(7-22)9-24-8-11-4-2-1-3-5-11/h1-7,9-10,22,24H,8H2,(H2,23,25,27)/b12-9+,22-7?. The van der Waals surface area contributed by atoms with Gasteiger partial charge in [0.2, 0.25) is 0 Å². The van der Waals surface area contributed by atoms with Crippen molar-refractivity contribution in [1.82, 2.24) is 20.3 Å². The predicted octanol–water partition coefficient (Wildman–Crippen LogP) is 3.98. The van der Waals surface area contributed by atoms with Gasteiger partial charge < -0.3 is 16.5 Å². The first-order valence-corrected chi connectivity index (χ1v) is 8.91. The van der Waals surface area contributed by atoms with Gasteiger partial charge in [-0.2, -0.15) is 13.2 Å². The number of nitrogens with zero attached hydrogens (tertiary/aromatic N) is 3. The molecule has 4 N–H and O–H groups in total. The number of benzene rings is 1. The highest BCUT2D eigenvalue weighted by Crippen LogP contribution is 2.33. The van der Waals surface area contributed by atoms with Crippen LogP contribution in [0.4, 0.5) is 19.0 Å². The van der Waals surface area contributed by atoms with Crippen LogP contribution in [0.5, 0.6) is 0 Å². The smallest absolute Gasteiger partial charge is 0.386 e. The van der Waals surface area contributed by atoms with Gasteiger partial charge >= 0.3 is 6.18 Å². The zero-order chi connectivity index (χ0) is 20.1. The Morgan fingerprint density at radius 1 is 1.18 bits per heavy atom. The highest BCUT2D eigenvalue weighted by Gasteiger charge is 2.34. The number of aromatic nitrogens is 3. The lowest BCUT2D eigenvalue weighted by molar-refractivity contribution is -0.140. The maximum absolute atomic E-state index is 12.8. The summed E-state index contributed by atoms with van der Waals surface area (Å²) in [6.45, 7) is 0.535. The molecule has 0 amide bonds. The van der Waals surface area contributed by atoms with Gasteiger partial charge in [0.05, 0.1) is 5.69 Å². The van der Waals surface area contributed by atoms with Gasteiger partial charge in [-0.3, -0.25) is 0 Å². The molecule has 1 aromatic carbocycles. The van der Waals surface area contributed by atoms with Gasteiger partial charge in [-0.15, -0.1) is 11.3 Å². The summed E-state index contributed by atoms with van der Waals surface area (Å²) in [6.07, 6.45) is -1.87. The number of nitrogens with one attached hydrogen (secondary N) is 2. The minimum absolute atomic E-state index is 0.00227. The number of anilines is 1. The van der Waals surface area contributed by atoms with Crippen LogP contribution in [0.3, 0.4) is 0 Å². The number of rotatable bonds is 6. The molecule has 10 heteroatoms. The van der Waals surface area contributed by atoms with Crippen LogP contribution in [0, 0.1) is 5.41 Å². The van der Waals surface area contributed by atoms with Crippen molar-refractivity contribution in [3.63, 3.8) is 0 Å². The fourth-order valence-electron chi connectivity index (χ4n) is 2.28. The van der Waals surface area contributed by atoms with Crippen molar-refractivity contribution in [3.05, 3.63) is 64.9 Å². The van der Waals surface area contributed by atoms with Gasteiger partial charge in [-0.05, 0) is 5.56 Å². The highest BCUT2D eigenvalue weighted by atomic mass is 32.1. The Kier molecular flexibility index (Phi) is 5.69. The number of halogens is 3. The molecule has 6 nitrogen and oxygen atoms in total. The molecular formula is C18H15F3N6S. The normalized spacial score (nSPS) is 12.0. The average Bonchev–Trinajstić information content (AvgIpc) is 3.16. The molecule has 0 spiro atoms. The van der Waals surface area contributed by atoms with Crippen molar-refractivity contribution in [2.45, 2.75) is 12.7 Å². The number of alkyl halides is 3. The molecule has 0 saturated heterocycles. The summed E-state index contributed by atoms with van der Waals surface area (Å²) in [5.41, 5.74) is 6.53. The van der Waals surface area contributed by atoms with Crippen LogP contribution in [-0.4, -0.2) is 21.2 Å². The molecule has 3 rings (SSSR count). The third-order valence-corrected chi connectivity index (χ3v) is 4.43. The summed E-state index contributed by atoms with van der Waals surface area (Å²) in [4.78, 5) is 11.7. The quantitative estimate of drug-likeness (QED) is 0.540. The Morgan fingerprint density at radius 2 is 1.93 bits per heavy atom. The van der Waals surface area contributed by atoms with E-state index < -0.39 is 11.9 Å². The van der Waals surface area contributed by atoms with E-state index in [1.54, 1.807) is 6.20 Å². The van der Waals surface area contributed by atoms with E-state index >= 15 is 0 Å². The van der Waals surface area contributed by atoms with Crippen LogP contribution in [0.25, 0.3) is 16.4 Å². The molecule has 144 valence electrons. The average molecular weight is 404 g/mol. The molecule has 3 aromatic rings. The summed E-state index contributed by atoms with van der Waals surface area (Å²) in [7, 11) is 0. The topological polar surface area (TPSA) is 101 Å². The number of hydrogen-bond acceptors (Lipinski definition) is 7. The van der Waals surface area contributed by atoms with E-state index in [9.17, 15) is 13.2 Å². The minimum Gasteiger partial charge on any atom is -0.386 e. The van der Waals surface area contributed by atoms with Gasteiger partial charge in [-0.25, -0.2) is 15.0 Å². The van der Waals surface area contributed by atoms with Crippen molar-refractivity contribution in [1.29, 1.82) is 5.41 Å². The summed E-state index contributed by atoms with van der Waals surface area (Å²) in [5, 5.41) is 11.6. The van der Waals surface area contributed by atoms with Crippen LogP contribution < -0.4 is 11.1 Å². The SMILES string of the molecule is N=C/C(=C\NCc1ccccc1)c1cc(N)nc(-c2nc(C(F)(F)F)cs2)n1. The van der Waals surface area contributed by atoms with E-state index in [2.05, 4.69) is 20.3 Å². The van der Waals surface area contributed by atoms with Crippen molar-refractivity contribution < 1.29 is 13.2 Å². The Labute approximate surface area is 162 Å². The molecule has 2 aromatic heterocycles. The van der Waals surface area contributed by atoms with Crippen LogP contribution in [0.1, 0.15) is 17.0 Å². The molecule has 0 fully saturated rings. The summed E-state index contributed by atoms with van der Waals surface area (Å²) >= 11 is 0.778. The van der Waals surface area contributed by atoms with Gasteiger partial charge in [0.25, 0.3) is 0 Å². The third kappa shape index (κ3) is 4.71. The molecular weight excluding hydrogens is 389 g/mol. The summed E-state index contributed by atoms with van der Waals surface area (Å²) in [5.74, 6) is 0.0471. The Bertz CT molecular complexity index is 998. The van der Waals surface area contributed by atoms with Gasteiger partial charge in [0.1, 0.15) is 5.82 Å². The van der Waals surface area contributed by atoms with Gasteiger partial charge in [-0.1, -0.05) is 30.3 Å². The zero-order valence-corrected chi connectivity index (χ0v) is 15.2. The number of allylic oxidation sites excluding steroid dienone is 1. The van der Waals surface area contributed by atoms with Gasteiger partial charge in [0.15, 0.2) is 16.5 Å². The molecule has 0 bridgehead atoms. The second-order valence-electron chi connectivity index (χ2n) is 5.65. The van der Waals surface area contributed by atoms with Crippen LogP contribution in [-0.2, 0) is 12.7 Å². The number of nitrogen functional groups attached to an aromatic ring is 1. The molecule has 0 aliphatic rings. The van der Waals surface area contributed by atoms with E-state index in [0.29, 0.717) is 17.8 Å². The molecule has 28 heavy (non-hydrogen) atoms. The monoisotopic (exact) mass is 404 g/mol. The van der Waals surface area contributed by atoms with E-state index in [1.807, 2.05) is 30.3 Å². The molecule has 0 unspecified atom stereocenters. The fraction of sp³-hybridized carbons (Fsp3) is 0.111.